The third kappa shape index (κ3) is 4.03. The molecule has 2 N–H and O–H groups in total. The number of benzene rings is 1. The Morgan fingerprint density at radius 2 is 2.05 bits per heavy atom. The number of aryl methyl sites for hydroxylation is 1. The lowest BCUT2D eigenvalue weighted by Gasteiger charge is -2.15. The first-order valence-electron chi connectivity index (χ1n) is 6.68. The summed E-state index contributed by atoms with van der Waals surface area (Å²) in [5.41, 5.74) is 1.80. The van der Waals surface area contributed by atoms with E-state index in [1.165, 1.54) is 0 Å². The fourth-order valence-corrected chi connectivity index (χ4v) is 3.82. The van der Waals surface area contributed by atoms with Crippen molar-refractivity contribution in [3.8, 4) is 0 Å². The van der Waals surface area contributed by atoms with E-state index >= 15 is 0 Å². The molecular formula is C14H21NO3S. The molecule has 2 rings (SSSR count). The SMILES string of the molecule is Cc1ccccc1CS(=O)(=O)NC[C@H]1CCC[C@@H]1O. The fraction of sp³-hybridized carbons (Fsp3) is 0.571. The van der Waals surface area contributed by atoms with Crippen LogP contribution in [-0.4, -0.2) is 26.2 Å². The van der Waals surface area contributed by atoms with E-state index in [9.17, 15) is 13.5 Å². The van der Waals surface area contributed by atoms with Gasteiger partial charge in [0.05, 0.1) is 11.9 Å². The number of sulfonamides is 1. The predicted molar refractivity (Wildman–Crippen MR) is 75.2 cm³/mol. The maximum Gasteiger partial charge on any atom is 0.215 e. The minimum absolute atomic E-state index is 0.00247. The molecule has 0 aliphatic heterocycles. The van der Waals surface area contributed by atoms with Crippen LogP contribution in [0.4, 0.5) is 0 Å². The van der Waals surface area contributed by atoms with E-state index in [2.05, 4.69) is 4.72 Å². The second-order valence-corrected chi connectivity index (χ2v) is 7.10. The number of hydrogen-bond acceptors (Lipinski definition) is 3. The van der Waals surface area contributed by atoms with Crippen LogP contribution >= 0.6 is 0 Å². The van der Waals surface area contributed by atoms with E-state index < -0.39 is 10.0 Å². The Hall–Kier alpha value is -0.910. The highest BCUT2D eigenvalue weighted by Gasteiger charge is 2.26. The van der Waals surface area contributed by atoms with Crippen molar-refractivity contribution in [3.05, 3.63) is 35.4 Å². The maximum absolute atomic E-state index is 12.0. The van der Waals surface area contributed by atoms with Gasteiger partial charge in [-0.05, 0) is 36.8 Å². The van der Waals surface area contributed by atoms with Crippen LogP contribution in [0.1, 0.15) is 30.4 Å². The Bertz CT molecular complexity index is 527. The smallest absolute Gasteiger partial charge is 0.215 e. The van der Waals surface area contributed by atoms with Crippen LogP contribution in [0.2, 0.25) is 0 Å². The Kier molecular flexibility index (Phi) is 4.60. The average molecular weight is 283 g/mol. The molecule has 0 saturated heterocycles. The first kappa shape index (κ1) is 14.5. The van der Waals surface area contributed by atoms with Gasteiger partial charge < -0.3 is 5.11 Å². The standard InChI is InChI=1S/C14H21NO3S/c1-11-5-2-3-6-13(11)10-19(17,18)15-9-12-7-4-8-14(12)16/h2-3,5-6,12,14-16H,4,7-10H2,1H3/t12-,14+/m1/s1. The second kappa shape index (κ2) is 6.03. The molecule has 106 valence electrons. The molecule has 1 aromatic carbocycles. The summed E-state index contributed by atoms with van der Waals surface area (Å²) in [6.07, 6.45) is 2.30. The van der Waals surface area contributed by atoms with Crippen LogP contribution in [0.15, 0.2) is 24.3 Å². The highest BCUT2D eigenvalue weighted by atomic mass is 32.2. The van der Waals surface area contributed by atoms with E-state index in [1.807, 2.05) is 31.2 Å². The molecule has 1 aromatic rings. The first-order chi connectivity index (χ1) is 8.98. The molecule has 0 heterocycles. The van der Waals surface area contributed by atoms with Crippen LogP contribution in [0.25, 0.3) is 0 Å². The van der Waals surface area contributed by atoms with Crippen LogP contribution in [0.3, 0.4) is 0 Å². The van der Waals surface area contributed by atoms with Gasteiger partial charge in [0.1, 0.15) is 0 Å². The van der Waals surface area contributed by atoms with Gasteiger partial charge in [-0.2, -0.15) is 0 Å². The van der Waals surface area contributed by atoms with Crippen LogP contribution in [0.5, 0.6) is 0 Å². The van der Waals surface area contributed by atoms with E-state index in [-0.39, 0.29) is 17.8 Å². The van der Waals surface area contributed by atoms with Gasteiger partial charge in [0.2, 0.25) is 10.0 Å². The number of hydrogen-bond donors (Lipinski definition) is 2. The largest absolute Gasteiger partial charge is 0.393 e. The lowest BCUT2D eigenvalue weighted by molar-refractivity contribution is 0.134. The van der Waals surface area contributed by atoms with Gasteiger partial charge in [-0.1, -0.05) is 30.7 Å². The zero-order chi connectivity index (χ0) is 13.9. The third-order valence-corrected chi connectivity index (χ3v) is 5.09. The molecule has 1 fully saturated rings. The minimum Gasteiger partial charge on any atom is -0.393 e. The summed E-state index contributed by atoms with van der Waals surface area (Å²) in [5.74, 6) is 0.0642. The van der Waals surface area contributed by atoms with Gasteiger partial charge in [0.25, 0.3) is 0 Å². The van der Waals surface area contributed by atoms with E-state index in [0.717, 1.165) is 30.4 Å². The van der Waals surface area contributed by atoms with Crippen molar-refractivity contribution in [2.75, 3.05) is 6.54 Å². The molecule has 0 bridgehead atoms. The molecule has 2 atom stereocenters. The average Bonchev–Trinajstić information content (AvgIpc) is 2.75. The molecule has 4 nitrogen and oxygen atoms in total. The maximum atomic E-state index is 12.0. The van der Waals surface area contributed by atoms with Crippen molar-refractivity contribution >= 4 is 10.0 Å². The number of nitrogens with one attached hydrogen (secondary N) is 1. The number of aliphatic hydroxyl groups is 1. The zero-order valence-electron chi connectivity index (χ0n) is 11.2. The molecule has 0 amide bonds. The van der Waals surface area contributed by atoms with Gasteiger partial charge in [0, 0.05) is 6.54 Å². The Morgan fingerprint density at radius 3 is 2.68 bits per heavy atom. The van der Waals surface area contributed by atoms with E-state index in [4.69, 9.17) is 0 Å². The van der Waals surface area contributed by atoms with E-state index in [0.29, 0.717) is 6.54 Å². The second-order valence-electron chi connectivity index (χ2n) is 5.29. The summed E-state index contributed by atoms with van der Waals surface area (Å²) in [6.45, 7) is 2.25. The van der Waals surface area contributed by atoms with Crippen molar-refractivity contribution in [1.82, 2.24) is 4.72 Å². The van der Waals surface area contributed by atoms with E-state index in [1.54, 1.807) is 0 Å². The quantitative estimate of drug-likeness (QED) is 0.862. The molecule has 1 aliphatic carbocycles. The molecule has 0 radical (unpaired) electrons. The lowest BCUT2D eigenvalue weighted by Crippen LogP contribution is -2.33. The summed E-state index contributed by atoms with van der Waals surface area (Å²) in [5, 5.41) is 9.68. The summed E-state index contributed by atoms with van der Waals surface area (Å²) in [7, 11) is -3.33. The molecular weight excluding hydrogens is 262 g/mol. The molecule has 1 aliphatic rings. The molecule has 0 unspecified atom stereocenters. The van der Waals surface area contributed by atoms with Gasteiger partial charge in [0.15, 0.2) is 0 Å². The molecule has 0 spiro atoms. The molecule has 1 saturated carbocycles. The summed E-state index contributed by atoms with van der Waals surface area (Å²) >= 11 is 0. The predicted octanol–water partition coefficient (Wildman–Crippen LogP) is 1.58. The fourth-order valence-electron chi connectivity index (χ4n) is 2.52. The summed E-state index contributed by atoms with van der Waals surface area (Å²) in [4.78, 5) is 0. The highest BCUT2D eigenvalue weighted by molar-refractivity contribution is 7.88. The third-order valence-electron chi connectivity index (χ3n) is 3.79. The van der Waals surface area contributed by atoms with Crippen molar-refractivity contribution in [2.45, 2.75) is 38.0 Å². The highest BCUT2D eigenvalue weighted by Crippen LogP contribution is 2.25. The van der Waals surface area contributed by atoms with Gasteiger partial charge in [-0.25, -0.2) is 13.1 Å². The molecule has 5 heteroatoms. The number of aliphatic hydroxyl groups excluding tert-OH is 1. The van der Waals surface area contributed by atoms with Crippen LogP contribution in [0, 0.1) is 12.8 Å². The molecule has 19 heavy (non-hydrogen) atoms. The monoisotopic (exact) mass is 283 g/mol. The van der Waals surface area contributed by atoms with Gasteiger partial charge >= 0.3 is 0 Å². The Labute approximate surface area is 114 Å². The Morgan fingerprint density at radius 1 is 1.32 bits per heavy atom. The van der Waals surface area contributed by atoms with Gasteiger partial charge in [-0.15, -0.1) is 0 Å². The summed E-state index contributed by atoms with van der Waals surface area (Å²) < 4.78 is 26.7. The van der Waals surface area contributed by atoms with Crippen molar-refractivity contribution in [2.24, 2.45) is 5.92 Å². The normalized spacial score (nSPS) is 23.7. The molecule has 0 aromatic heterocycles. The topological polar surface area (TPSA) is 66.4 Å². The number of rotatable bonds is 5. The lowest BCUT2D eigenvalue weighted by atomic mass is 10.1. The van der Waals surface area contributed by atoms with Crippen LogP contribution in [-0.2, 0) is 15.8 Å². The first-order valence-corrected chi connectivity index (χ1v) is 8.33. The Balaban J connectivity index is 1.94. The zero-order valence-corrected chi connectivity index (χ0v) is 12.0. The van der Waals surface area contributed by atoms with Crippen molar-refractivity contribution in [3.63, 3.8) is 0 Å². The van der Waals surface area contributed by atoms with Crippen LogP contribution < -0.4 is 4.72 Å². The summed E-state index contributed by atoms with van der Waals surface area (Å²) in [6, 6.07) is 7.48. The van der Waals surface area contributed by atoms with Crippen molar-refractivity contribution in [1.29, 1.82) is 0 Å². The minimum atomic E-state index is -3.33. The van der Waals surface area contributed by atoms with Crippen molar-refractivity contribution < 1.29 is 13.5 Å². The van der Waals surface area contributed by atoms with Gasteiger partial charge in [-0.3, -0.25) is 0 Å².